The molecule has 1 heterocycles. The van der Waals surface area contributed by atoms with Crippen LogP contribution in [0.15, 0.2) is 28.9 Å². The molecule has 0 aliphatic heterocycles. The number of benzene rings is 1. The molecule has 3 heteroatoms. The van der Waals surface area contributed by atoms with Crippen molar-refractivity contribution in [2.24, 2.45) is 0 Å². The topological polar surface area (TPSA) is 47.3 Å². The molecule has 14 heavy (non-hydrogen) atoms. The molecular formula is C11H6O3. The fraction of sp³-hybridized carbons (Fsp3) is 0.0909. The second-order valence-electron chi connectivity index (χ2n) is 3.38. The molecule has 1 aliphatic carbocycles. The van der Waals surface area contributed by atoms with E-state index in [1.807, 2.05) is 0 Å². The molecule has 1 aliphatic rings. The predicted molar refractivity (Wildman–Crippen MR) is 49.5 cm³/mol. The Morgan fingerprint density at radius 1 is 1.07 bits per heavy atom. The van der Waals surface area contributed by atoms with E-state index in [1.54, 1.807) is 24.5 Å². The molecule has 0 unspecified atom stereocenters. The van der Waals surface area contributed by atoms with Crippen molar-refractivity contribution >= 4 is 22.5 Å². The molecule has 0 radical (unpaired) electrons. The van der Waals surface area contributed by atoms with Crippen molar-refractivity contribution < 1.29 is 14.0 Å². The third-order valence-electron chi connectivity index (χ3n) is 2.51. The van der Waals surface area contributed by atoms with Gasteiger partial charge in [-0.15, -0.1) is 0 Å². The van der Waals surface area contributed by atoms with Gasteiger partial charge in [0.05, 0.1) is 12.7 Å². The van der Waals surface area contributed by atoms with Gasteiger partial charge in [0, 0.05) is 16.5 Å². The van der Waals surface area contributed by atoms with Crippen LogP contribution in [0.3, 0.4) is 0 Å². The van der Waals surface area contributed by atoms with Crippen LogP contribution in [0, 0.1) is 0 Å². The molecule has 0 fully saturated rings. The highest BCUT2D eigenvalue weighted by Crippen LogP contribution is 2.27. The fourth-order valence-electron chi connectivity index (χ4n) is 1.81. The summed E-state index contributed by atoms with van der Waals surface area (Å²) >= 11 is 0. The molecule has 1 aromatic carbocycles. The molecule has 3 rings (SSSR count). The van der Waals surface area contributed by atoms with E-state index in [1.165, 1.54) is 0 Å². The highest BCUT2D eigenvalue weighted by molar-refractivity contribution is 6.25. The molecule has 0 amide bonds. The van der Waals surface area contributed by atoms with Crippen LogP contribution in [0.5, 0.6) is 0 Å². The van der Waals surface area contributed by atoms with E-state index >= 15 is 0 Å². The Labute approximate surface area is 79.3 Å². The first-order chi connectivity index (χ1) is 6.75. The summed E-state index contributed by atoms with van der Waals surface area (Å²) in [6.45, 7) is 0. The van der Waals surface area contributed by atoms with Gasteiger partial charge < -0.3 is 4.42 Å². The summed E-state index contributed by atoms with van der Waals surface area (Å²) in [5.74, 6) is -0.198. The number of hydrogen-bond donors (Lipinski definition) is 0. The lowest BCUT2D eigenvalue weighted by Crippen LogP contribution is -1.90. The normalized spacial score (nSPS) is 15.1. The van der Waals surface area contributed by atoms with Gasteiger partial charge >= 0.3 is 0 Å². The second kappa shape index (κ2) is 2.32. The van der Waals surface area contributed by atoms with E-state index < -0.39 is 0 Å². The Kier molecular flexibility index (Phi) is 1.24. The molecule has 1 aromatic heterocycles. The van der Waals surface area contributed by atoms with Crippen LogP contribution in [0.25, 0.3) is 11.0 Å². The zero-order chi connectivity index (χ0) is 9.71. The van der Waals surface area contributed by atoms with Gasteiger partial charge in [-0.05, 0) is 18.2 Å². The Bertz CT molecular complexity index is 515. The Morgan fingerprint density at radius 3 is 2.57 bits per heavy atom. The highest BCUT2D eigenvalue weighted by Gasteiger charge is 2.27. The summed E-state index contributed by atoms with van der Waals surface area (Å²) in [7, 11) is 0. The highest BCUT2D eigenvalue weighted by atomic mass is 16.3. The van der Waals surface area contributed by atoms with Gasteiger partial charge in [0.1, 0.15) is 5.58 Å². The molecule has 68 valence electrons. The van der Waals surface area contributed by atoms with Gasteiger partial charge in [0.25, 0.3) is 0 Å². The van der Waals surface area contributed by atoms with Gasteiger partial charge in [-0.25, -0.2) is 0 Å². The van der Waals surface area contributed by atoms with Gasteiger partial charge in [-0.2, -0.15) is 0 Å². The summed E-state index contributed by atoms with van der Waals surface area (Å²) in [5.41, 5.74) is 1.69. The number of rotatable bonds is 0. The van der Waals surface area contributed by atoms with Crippen LogP contribution >= 0.6 is 0 Å². The minimum Gasteiger partial charge on any atom is -0.464 e. The summed E-state index contributed by atoms with van der Waals surface area (Å²) in [6, 6.07) is 5.16. The second-order valence-corrected chi connectivity index (χ2v) is 3.38. The van der Waals surface area contributed by atoms with Crippen LogP contribution in [0.4, 0.5) is 0 Å². The van der Waals surface area contributed by atoms with Crippen molar-refractivity contribution in [3.05, 3.63) is 35.6 Å². The maximum atomic E-state index is 11.4. The van der Waals surface area contributed by atoms with E-state index in [4.69, 9.17) is 4.42 Å². The van der Waals surface area contributed by atoms with Crippen molar-refractivity contribution in [1.29, 1.82) is 0 Å². The van der Waals surface area contributed by atoms with E-state index in [0.717, 1.165) is 5.39 Å². The van der Waals surface area contributed by atoms with Crippen LogP contribution in [0.1, 0.15) is 27.1 Å². The smallest absolute Gasteiger partial charge is 0.171 e. The maximum absolute atomic E-state index is 11.4. The van der Waals surface area contributed by atoms with Crippen molar-refractivity contribution in [1.82, 2.24) is 0 Å². The average molecular weight is 186 g/mol. The predicted octanol–water partition coefficient (Wildman–Crippen LogP) is 2.20. The van der Waals surface area contributed by atoms with E-state index in [-0.39, 0.29) is 18.0 Å². The van der Waals surface area contributed by atoms with E-state index in [2.05, 4.69) is 0 Å². The number of hydrogen-bond acceptors (Lipinski definition) is 3. The summed E-state index contributed by atoms with van der Waals surface area (Å²) < 4.78 is 5.16. The Balaban J connectivity index is 2.43. The molecule has 0 spiro atoms. The lowest BCUT2D eigenvalue weighted by atomic mass is 10.1. The Hall–Kier alpha value is -1.90. The molecule has 0 bridgehead atoms. The summed E-state index contributed by atoms with van der Waals surface area (Å²) in [4.78, 5) is 22.8. The van der Waals surface area contributed by atoms with Gasteiger partial charge in [-0.3, -0.25) is 9.59 Å². The van der Waals surface area contributed by atoms with Gasteiger partial charge in [0.2, 0.25) is 0 Å². The van der Waals surface area contributed by atoms with Crippen LogP contribution in [0.2, 0.25) is 0 Å². The minimum absolute atomic E-state index is 0.00193. The summed E-state index contributed by atoms with van der Waals surface area (Å²) in [5, 5.41) is 0.867. The number of Topliss-reactive ketones (excluding diaryl/α,β-unsaturated/α-hetero) is 2. The first-order valence-electron chi connectivity index (χ1n) is 4.33. The van der Waals surface area contributed by atoms with Crippen molar-refractivity contribution in [2.45, 2.75) is 6.42 Å². The first kappa shape index (κ1) is 7.50. The SMILES string of the molecule is O=C1CC(=O)c2cc3occc3cc21. The van der Waals surface area contributed by atoms with Crippen molar-refractivity contribution in [3.8, 4) is 0 Å². The van der Waals surface area contributed by atoms with Crippen molar-refractivity contribution in [3.63, 3.8) is 0 Å². The lowest BCUT2D eigenvalue weighted by Gasteiger charge is -1.94. The monoisotopic (exact) mass is 186 g/mol. The van der Waals surface area contributed by atoms with Crippen LogP contribution < -0.4 is 0 Å². The zero-order valence-corrected chi connectivity index (χ0v) is 7.24. The van der Waals surface area contributed by atoms with E-state index in [0.29, 0.717) is 16.7 Å². The number of ketones is 2. The molecular weight excluding hydrogens is 180 g/mol. The van der Waals surface area contributed by atoms with Crippen LogP contribution in [-0.4, -0.2) is 11.6 Å². The maximum Gasteiger partial charge on any atom is 0.171 e. The zero-order valence-electron chi connectivity index (χ0n) is 7.24. The van der Waals surface area contributed by atoms with Crippen molar-refractivity contribution in [2.75, 3.05) is 0 Å². The standard InChI is InChI=1S/C11H6O3/c12-9-5-10(13)8-4-11-6(1-2-14-11)3-7(8)9/h1-4H,5H2. The number of fused-ring (bicyclic) bond motifs is 2. The number of furan rings is 1. The fourth-order valence-corrected chi connectivity index (χ4v) is 1.81. The first-order valence-corrected chi connectivity index (χ1v) is 4.33. The minimum atomic E-state index is -0.108. The van der Waals surface area contributed by atoms with E-state index in [9.17, 15) is 9.59 Å². The quantitative estimate of drug-likeness (QED) is 0.592. The molecule has 3 nitrogen and oxygen atoms in total. The molecule has 0 N–H and O–H groups in total. The van der Waals surface area contributed by atoms with Gasteiger partial charge in [-0.1, -0.05) is 0 Å². The number of carbonyl (C=O) groups excluding carboxylic acids is 2. The Morgan fingerprint density at radius 2 is 1.79 bits per heavy atom. The largest absolute Gasteiger partial charge is 0.464 e. The molecule has 0 saturated heterocycles. The number of carbonyl (C=O) groups is 2. The molecule has 2 aromatic rings. The molecule has 0 atom stereocenters. The third kappa shape index (κ3) is 0.812. The lowest BCUT2D eigenvalue weighted by molar-refractivity contribution is 0.0923. The summed E-state index contributed by atoms with van der Waals surface area (Å²) in [6.07, 6.45) is 1.55. The molecule has 0 saturated carbocycles. The third-order valence-corrected chi connectivity index (χ3v) is 2.51. The van der Waals surface area contributed by atoms with Gasteiger partial charge in [0.15, 0.2) is 11.6 Å². The average Bonchev–Trinajstić information content (AvgIpc) is 2.70. The van der Waals surface area contributed by atoms with Crippen LogP contribution in [-0.2, 0) is 0 Å².